The number of rotatable bonds is 2. The van der Waals surface area contributed by atoms with Crippen molar-refractivity contribution in [1.29, 1.82) is 0 Å². The molecule has 0 unspecified atom stereocenters. The van der Waals surface area contributed by atoms with Crippen molar-refractivity contribution in [3.05, 3.63) is 35.0 Å². The average molecular weight is 253 g/mol. The zero-order valence-corrected chi connectivity index (χ0v) is 9.71. The molecule has 96 valence electrons. The van der Waals surface area contributed by atoms with E-state index < -0.39 is 11.9 Å². The summed E-state index contributed by atoms with van der Waals surface area (Å²) in [4.78, 5) is 20.4. The molecular weight excluding hydrogens is 242 g/mol. The topological polar surface area (TPSA) is 132 Å². The van der Waals surface area contributed by atoms with Crippen molar-refractivity contribution in [3.8, 4) is 0 Å². The molecule has 2 aromatic rings. The lowest BCUT2D eigenvalue weighted by molar-refractivity contribution is 0.0651. The second-order valence-corrected chi connectivity index (χ2v) is 3.33. The summed E-state index contributed by atoms with van der Waals surface area (Å²) in [6.45, 7) is 3.38. The first kappa shape index (κ1) is 13.4. The number of nitrogens with zero attached hydrogens (tertiary/aromatic N) is 2. The van der Waals surface area contributed by atoms with E-state index in [0.29, 0.717) is 11.4 Å². The van der Waals surface area contributed by atoms with Crippen LogP contribution in [0.15, 0.2) is 21.2 Å². The molecule has 0 aliphatic carbocycles. The smallest absolute Gasteiger partial charge is 0.374 e. The van der Waals surface area contributed by atoms with Gasteiger partial charge in [-0.1, -0.05) is 10.3 Å². The number of aryl methyl sites for hydroxylation is 2. The molecule has 2 heterocycles. The minimum atomic E-state index is -1.09. The van der Waals surface area contributed by atoms with Crippen LogP contribution in [0, 0.1) is 13.8 Å². The average Bonchev–Trinajstić information content (AvgIpc) is 2.88. The highest BCUT2D eigenvalue weighted by Crippen LogP contribution is 2.00. The van der Waals surface area contributed by atoms with Crippen LogP contribution in [0.25, 0.3) is 0 Å². The normalized spacial score (nSPS) is 9.44. The van der Waals surface area contributed by atoms with Crippen molar-refractivity contribution >= 4 is 11.9 Å². The molecule has 8 heteroatoms. The molecule has 0 radical (unpaired) electrons. The van der Waals surface area contributed by atoms with Gasteiger partial charge in [0.1, 0.15) is 0 Å². The van der Waals surface area contributed by atoms with Crippen LogP contribution in [0.2, 0.25) is 0 Å². The number of amides is 1. The molecule has 0 atom stereocenters. The van der Waals surface area contributed by atoms with E-state index in [4.69, 9.17) is 10.8 Å². The van der Waals surface area contributed by atoms with Crippen LogP contribution in [0.4, 0.5) is 0 Å². The quantitative estimate of drug-likeness (QED) is 0.807. The van der Waals surface area contributed by atoms with Crippen molar-refractivity contribution in [2.24, 2.45) is 5.73 Å². The van der Waals surface area contributed by atoms with Crippen LogP contribution >= 0.6 is 0 Å². The maximum atomic E-state index is 10.3. The van der Waals surface area contributed by atoms with Gasteiger partial charge in [0.2, 0.25) is 11.5 Å². The molecule has 0 spiro atoms. The van der Waals surface area contributed by atoms with Gasteiger partial charge in [-0.2, -0.15) is 0 Å². The van der Waals surface area contributed by atoms with Crippen molar-refractivity contribution in [3.63, 3.8) is 0 Å². The number of primary amides is 1. The van der Waals surface area contributed by atoms with E-state index in [0.717, 1.165) is 0 Å². The fraction of sp³-hybridized carbons (Fsp3) is 0.200. The minimum Gasteiger partial charge on any atom is -0.475 e. The zero-order valence-electron chi connectivity index (χ0n) is 9.71. The lowest BCUT2D eigenvalue weighted by Gasteiger charge is -1.78. The molecule has 0 saturated heterocycles. The molecule has 18 heavy (non-hydrogen) atoms. The van der Waals surface area contributed by atoms with Crippen LogP contribution in [0.3, 0.4) is 0 Å². The molecule has 2 rings (SSSR count). The molecule has 0 aliphatic rings. The summed E-state index contributed by atoms with van der Waals surface area (Å²) < 4.78 is 8.88. The van der Waals surface area contributed by atoms with Crippen molar-refractivity contribution in [2.45, 2.75) is 13.8 Å². The Kier molecular flexibility index (Phi) is 4.19. The molecule has 0 fully saturated rings. The van der Waals surface area contributed by atoms with Gasteiger partial charge in [-0.3, -0.25) is 4.79 Å². The van der Waals surface area contributed by atoms with Crippen LogP contribution < -0.4 is 5.73 Å². The van der Waals surface area contributed by atoms with Gasteiger partial charge in [0, 0.05) is 12.1 Å². The van der Waals surface area contributed by atoms with E-state index in [2.05, 4.69) is 19.4 Å². The highest BCUT2D eigenvalue weighted by atomic mass is 16.5. The van der Waals surface area contributed by atoms with Gasteiger partial charge in [-0.25, -0.2) is 4.79 Å². The number of aromatic carboxylic acids is 1. The maximum absolute atomic E-state index is 10.3. The maximum Gasteiger partial charge on any atom is 0.374 e. The monoisotopic (exact) mass is 253 g/mol. The molecule has 0 aromatic carbocycles. The molecule has 8 nitrogen and oxygen atoms in total. The van der Waals surface area contributed by atoms with Gasteiger partial charge in [0.25, 0.3) is 5.91 Å². The Morgan fingerprint density at radius 3 is 1.72 bits per heavy atom. The Labute approximate surface area is 101 Å². The zero-order chi connectivity index (χ0) is 13.7. The van der Waals surface area contributed by atoms with Gasteiger partial charge in [-0.05, 0) is 13.8 Å². The van der Waals surface area contributed by atoms with Crippen LogP contribution in [-0.2, 0) is 0 Å². The number of aromatic nitrogens is 2. The van der Waals surface area contributed by atoms with E-state index in [9.17, 15) is 9.59 Å². The fourth-order valence-electron chi connectivity index (χ4n) is 0.944. The number of carboxylic acid groups (broad SMARTS) is 1. The Bertz CT molecular complexity index is 507. The summed E-state index contributed by atoms with van der Waals surface area (Å²) in [5.41, 5.74) is 6.09. The number of hydrogen-bond donors (Lipinski definition) is 2. The van der Waals surface area contributed by atoms with Gasteiger partial charge in [0.15, 0.2) is 0 Å². The summed E-state index contributed by atoms with van der Waals surface area (Å²) in [7, 11) is 0. The lowest BCUT2D eigenvalue weighted by atomic mass is 10.4. The first-order chi connectivity index (χ1) is 8.40. The molecule has 0 bridgehead atoms. The first-order valence-corrected chi connectivity index (χ1v) is 4.80. The largest absolute Gasteiger partial charge is 0.475 e. The molecule has 1 amide bonds. The molecule has 0 saturated carbocycles. The Morgan fingerprint density at radius 1 is 1.11 bits per heavy atom. The van der Waals surface area contributed by atoms with Gasteiger partial charge < -0.3 is 19.9 Å². The Balaban J connectivity index is 0.000000180. The standard InChI is InChI=1S/C5H6N2O2.C5H5NO3/c1-3-2-4(5(6)8)9-7-3;1-3-2-4(5(7)8)9-6-3/h2H,1H3,(H2,6,8);2H,1H3,(H,7,8). The van der Waals surface area contributed by atoms with E-state index in [-0.39, 0.29) is 11.5 Å². The number of hydrogen-bond acceptors (Lipinski definition) is 6. The van der Waals surface area contributed by atoms with Crippen molar-refractivity contribution in [2.75, 3.05) is 0 Å². The van der Waals surface area contributed by atoms with Crippen LogP contribution in [-0.4, -0.2) is 27.3 Å². The number of nitrogens with two attached hydrogens (primary N) is 1. The van der Waals surface area contributed by atoms with E-state index in [1.807, 2.05) is 0 Å². The Hall–Kier alpha value is -2.64. The third kappa shape index (κ3) is 3.74. The SMILES string of the molecule is Cc1cc(C(=O)O)on1.Cc1cc(C(N)=O)on1. The van der Waals surface area contributed by atoms with Crippen LogP contribution in [0.1, 0.15) is 32.5 Å². The fourth-order valence-corrected chi connectivity index (χ4v) is 0.944. The number of carbonyl (C=O) groups is 2. The predicted octanol–water partition coefficient (Wildman–Crippen LogP) is 0.763. The van der Waals surface area contributed by atoms with E-state index >= 15 is 0 Å². The van der Waals surface area contributed by atoms with Gasteiger partial charge >= 0.3 is 5.97 Å². The lowest BCUT2D eigenvalue weighted by Crippen LogP contribution is -2.09. The van der Waals surface area contributed by atoms with Gasteiger partial charge in [-0.15, -0.1) is 0 Å². The molecule has 3 N–H and O–H groups in total. The van der Waals surface area contributed by atoms with E-state index in [1.165, 1.54) is 12.1 Å². The van der Waals surface area contributed by atoms with Gasteiger partial charge in [0.05, 0.1) is 11.4 Å². The highest BCUT2D eigenvalue weighted by molar-refractivity contribution is 5.89. The Morgan fingerprint density at radius 2 is 1.56 bits per heavy atom. The third-order valence-electron chi connectivity index (χ3n) is 1.71. The third-order valence-corrected chi connectivity index (χ3v) is 1.71. The number of carboxylic acids is 1. The summed E-state index contributed by atoms with van der Waals surface area (Å²) >= 11 is 0. The van der Waals surface area contributed by atoms with Crippen LogP contribution in [0.5, 0.6) is 0 Å². The number of carbonyl (C=O) groups excluding carboxylic acids is 1. The molecule has 0 aliphatic heterocycles. The minimum absolute atomic E-state index is 0.104. The van der Waals surface area contributed by atoms with Crippen molar-refractivity contribution in [1.82, 2.24) is 10.3 Å². The second-order valence-electron chi connectivity index (χ2n) is 3.33. The summed E-state index contributed by atoms with van der Waals surface area (Å²) in [6.07, 6.45) is 0. The van der Waals surface area contributed by atoms with E-state index in [1.54, 1.807) is 13.8 Å². The summed E-state index contributed by atoms with van der Waals surface area (Å²) in [6, 6.07) is 2.85. The highest BCUT2D eigenvalue weighted by Gasteiger charge is 2.07. The molecular formula is C10H11N3O5. The molecule has 2 aromatic heterocycles. The van der Waals surface area contributed by atoms with Crippen molar-refractivity contribution < 1.29 is 23.7 Å². The second kappa shape index (κ2) is 5.62. The predicted molar refractivity (Wildman–Crippen MR) is 58.0 cm³/mol. The summed E-state index contributed by atoms with van der Waals surface area (Å²) in [5.74, 6) is -1.69. The first-order valence-electron chi connectivity index (χ1n) is 4.80. The summed E-state index contributed by atoms with van der Waals surface area (Å²) in [5, 5.41) is 15.1.